The van der Waals surface area contributed by atoms with Crippen LogP contribution >= 0.6 is 0 Å². The molecule has 3 aromatic heterocycles. The molecule has 3 heterocycles. The Hall–Kier alpha value is -3.62. The fourth-order valence-electron chi connectivity index (χ4n) is 3.56. The fourth-order valence-corrected chi connectivity index (χ4v) is 4.71. The molecular weight excluding hydrogens is 533 g/mol. The lowest BCUT2D eigenvalue weighted by Crippen LogP contribution is -2.33. The summed E-state index contributed by atoms with van der Waals surface area (Å²) < 4.78 is 123. The molecular formula is C22H17F7N4O3S. The molecule has 4 aromatic rings. The normalized spacial score (nSPS) is 13.0. The summed E-state index contributed by atoms with van der Waals surface area (Å²) in [5.74, 6) is -0.941. The predicted molar refractivity (Wildman–Crippen MR) is 117 cm³/mol. The van der Waals surface area contributed by atoms with Crippen LogP contribution in [-0.4, -0.2) is 45.6 Å². The average molecular weight is 550 g/mol. The Bertz CT molecular complexity index is 1560. The van der Waals surface area contributed by atoms with Crippen molar-refractivity contribution in [2.24, 2.45) is 7.05 Å². The van der Waals surface area contributed by atoms with Gasteiger partial charge in [-0.1, -0.05) is 6.92 Å². The maximum atomic E-state index is 13.3. The molecule has 1 aromatic carbocycles. The largest absolute Gasteiger partial charge is 0.461 e. The van der Waals surface area contributed by atoms with Crippen LogP contribution in [0, 0.1) is 0 Å². The molecule has 0 saturated heterocycles. The van der Waals surface area contributed by atoms with Gasteiger partial charge in [-0.05, 0) is 36.4 Å². The summed E-state index contributed by atoms with van der Waals surface area (Å²) in [5, 5.41) is -0.477. The number of pyridine rings is 1. The first-order valence-corrected chi connectivity index (χ1v) is 12.1. The highest BCUT2D eigenvalue weighted by molar-refractivity contribution is 7.91. The second kappa shape index (κ2) is 9.04. The Kier molecular flexibility index (Phi) is 6.46. The molecule has 15 heteroatoms. The fraction of sp³-hybridized carbons (Fsp3) is 0.273. The van der Waals surface area contributed by atoms with Crippen LogP contribution in [0.1, 0.15) is 12.5 Å². The molecule has 0 aliphatic rings. The van der Waals surface area contributed by atoms with E-state index in [-0.39, 0.29) is 17.2 Å². The smallest absolute Gasteiger partial charge is 0.428 e. The Labute approximate surface area is 205 Å². The van der Waals surface area contributed by atoms with Gasteiger partial charge in [0.1, 0.15) is 17.1 Å². The van der Waals surface area contributed by atoms with E-state index < -0.39 is 50.6 Å². The van der Waals surface area contributed by atoms with Crippen LogP contribution in [0.4, 0.5) is 30.7 Å². The molecule has 0 aliphatic carbocycles. The highest BCUT2D eigenvalue weighted by Gasteiger charge is 2.44. The minimum atomic E-state index is -4.72. The van der Waals surface area contributed by atoms with E-state index in [2.05, 4.69) is 14.7 Å². The van der Waals surface area contributed by atoms with E-state index in [0.29, 0.717) is 17.5 Å². The van der Waals surface area contributed by atoms with Crippen molar-refractivity contribution in [2.45, 2.75) is 30.7 Å². The van der Waals surface area contributed by atoms with E-state index in [0.717, 1.165) is 28.7 Å². The number of rotatable bonds is 7. The SMILES string of the molecule is CCS(=O)(=O)c1c(-c2ncc(-c3ccc(OC(F)(F)C(F)F)cc3)n2C)nc2ccc(C(F)(F)F)cn12. The molecule has 198 valence electrons. The number of sulfone groups is 1. The maximum absolute atomic E-state index is 13.3. The number of alkyl halides is 7. The van der Waals surface area contributed by atoms with E-state index in [4.69, 9.17) is 0 Å². The van der Waals surface area contributed by atoms with E-state index in [9.17, 15) is 39.2 Å². The third-order valence-corrected chi connectivity index (χ3v) is 7.17. The topological polar surface area (TPSA) is 78.5 Å². The van der Waals surface area contributed by atoms with Crippen LogP contribution < -0.4 is 4.74 Å². The van der Waals surface area contributed by atoms with Gasteiger partial charge in [0, 0.05) is 18.8 Å². The van der Waals surface area contributed by atoms with Crippen LogP contribution in [0.5, 0.6) is 5.75 Å². The van der Waals surface area contributed by atoms with Gasteiger partial charge in [0.2, 0.25) is 0 Å². The molecule has 0 unspecified atom stereocenters. The number of hydrogen-bond donors (Lipinski definition) is 0. The monoisotopic (exact) mass is 550 g/mol. The third kappa shape index (κ3) is 4.86. The Morgan fingerprint density at radius 2 is 1.68 bits per heavy atom. The van der Waals surface area contributed by atoms with Gasteiger partial charge in [0.25, 0.3) is 0 Å². The predicted octanol–water partition coefficient (Wildman–Crippen LogP) is 5.45. The summed E-state index contributed by atoms with van der Waals surface area (Å²) in [6, 6.07) is 6.48. The lowest BCUT2D eigenvalue weighted by Gasteiger charge is -2.16. The first-order chi connectivity index (χ1) is 17.2. The summed E-state index contributed by atoms with van der Waals surface area (Å²) in [5.41, 5.74) is -0.601. The summed E-state index contributed by atoms with van der Waals surface area (Å²) in [7, 11) is -2.61. The van der Waals surface area contributed by atoms with Gasteiger partial charge >= 0.3 is 18.7 Å². The van der Waals surface area contributed by atoms with Crippen molar-refractivity contribution in [1.29, 1.82) is 0 Å². The second-order valence-corrected chi connectivity index (χ2v) is 10.0. The molecule has 0 atom stereocenters. The van der Waals surface area contributed by atoms with Crippen molar-refractivity contribution in [2.75, 3.05) is 5.75 Å². The molecule has 0 amide bonds. The van der Waals surface area contributed by atoms with Crippen LogP contribution in [-0.2, 0) is 23.1 Å². The highest BCUT2D eigenvalue weighted by atomic mass is 32.2. The lowest BCUT2D eigenvalue weighted by molar-refractivity contribution is -0.253. The Morgan fingerprint density at radius 1 is 1.03 bits per heavy atom. The van der Waals surface area contributed by atoms with E-state index in [1.165, 1.54) is 36.9 Å². The number of hydrogen-bond acceptors (Lipinski definition) is 5. The van der Waals surface area contributed by atoms with Crippen LogP contribution in [0.25, 0.3) is 28.4 Å². The van der Waals surface area contributed by atoms with Gasteiger partial charge in [-0.15, -0.1) is 0 Å². The zero-order valence-corrected chi connectivity index (χ0v) is 19.8. The van der Waals surface area contributed by atoms with Gasteiger partial charge < -0.3 is 9.30 Å². The van der Waals surface area contributed by atoms with Gasteiger partial charge in [-0.25, -0.2) is 18.4 Å². The van der Waals surface area contributed by atoms with Crippen molar-refractivity contribution in [3.05, 3.63) is 54.4 Å². The minimum absolute atomic E-state index is 0.00356. The number of halogens is 7. The van der Waals surface area contributed by atoms with E-state index in [1.807, 2.05) is 0 Å². The minimum Gasteiger partial charge on any atom is -0.428 e. The molecule has 4 rings (SSSR count). The summed E-state index contributed by atoms with van der Waals surface area (Å²) in [6.07, 6.45) is -11.5. The molecule has 0 aliphatic heterocycles. The third-order valence-electron chi connectivity index (χ3n) is 5.43. The summed E-state index contributed by atoms with van der Waals surface area (Å²) in [4.78, 5) is 8.41. The molecule has 0 fully saturated rings. The Balaban J connectivity index is 1.81. The molecule has 0 N–H and O–H groups in total. The van der Waals surface area contributed by atoms with Crippen LogP contribution in [0.2, 0.25) is 0 Å². The second-order valence-electron chi connectivity index (χ2n) is 7.83. The van der Waals surface area contributed by atoms with Crippen molar-refractivity contribution in [3.8, 4) is 28.5 Å². The highest BCUT2D eigenvalue weighted by Crippen LogP contribution is 2.35. The average Bonchev–Trinajstić information content (AvgIpc) is 3.38. The first kappa shape index (κ1) is 26.4. The van der Waals surface area contributed by atoms with Gasteiger partial charge in [-0.3, -0.25) is 4.40 Å². The number of nitrogens with zero attached hydrogens (tertiary/aromatic N) is 4. The van der Waals surface area contributed by atoms with Gasteiger partial charge in [0.15, 0.2) is 20.7 Å². The lowest BCUT2D eigenvalue weighted by atomic mass is 10.1. The molecule has 37 heavy (non-hydrogen) atoms. The van der Waals surface area contributed by atoms with Gasteiger partial charge in [-0.2, -0.15) is 30.7 Å². The first-order valence-electron chi connectivity index (χ1n) is 10.4. The van der Waals surface area contributed by atoms with Crippen LogP contribution in [0.15, 0.2) is 53.8 Å². The molecule has 0 radical (unpaired) electrons. The number of aromatic nitrogens is 4. The zero-order valence-electron chi connectivity index (χ0n) is 19.0. The van der Waals surface area contributed by atoms with Crippen molar-refractivity contribution >= 4 is 15.5 Å². The van der Waals surface area contributed by atoms with Crippen molar-refractivity contribution in [1.82, 2.24) is 18.9 Å². The van der Waals surface area contributed by atoms with Crippen molar-refractivity contribution < 1.29 is 43.9 Å². The number of imidazole rings is 2. The van der Waals surface area contributed by atoms with E-state index >= 15 is 0 Å². The molecule has 0 saturated carbocycles. The van der Waals surface area contributed by atoms with E-state index in [1.54, 1.807) is 0 Å². The zero-order chi connectivity index (χ0) is 27.3. The molecule has 7 nitrogen and oxygen atoms in total. The summed E-state index contributed by atoms with van der Waals surface area (Å²) >= 11 is 0. The quantitative estimate of drug-likeness (QED) is 0.286. The standard InChI is InChI=1S/C22H17F7N4O3S/c1-3-37(34,35)19-17(31-16-9-6-13(11-33(16)19)21(25,26)27)18-30-10-15(32(18)2)12-4-7-14(8-5-12)36-22(28,29)20(23)24/h4-11,20H,3H2,1-2H3. The Morgan fingerprint density at radius 3 is 2.24 bits per heavy atom. The maximum Gasteiger partial charge on any atom is 0.461 e. The summed E-state index contributed by atoms with van der Waals surface area (Å²) in [6.45, 7) is 1.33. The molecule has 0 bridgehead atoms. The number of fused-ring (bicyclic) bond motifs is 1. The number of ether oxygens (including phenoxy) is 1. The number of benzene rings is 1. The molecule has 0 spiro atoms. The van der Waals surface area contributed by atoms with Crippen molar-refractivity contribution in [3.63, 3.8) is 0 Å². The van der Waals surface area contributed by atoms with Gasteiger partial charge in [0.05, 0.1) is 23.2 Å². The van der Waals surface area contributed by atoms with Crippen LogP contribution in [0.3, 0.4) is 0 Å².